The van der Waals surface area contributed by atoms with Crippen molar-refractivity contribution in [2.45, 2.75) is 31.7 Å². The summed E-state index contributed by atoms with van der Waals surface area (Å²) >= 11 is 7.29. The van der Waals surface area contributed by atoms with Gasteiger partial charge in [-0.05, 0) is 38.5 Å². The van der Waals surface area contributed by atoms with E-state index in [0.29, 0.717) is 0 Å². The van der Waals surface area contributed by atoms with Gasteiger partial charge >= 0.3 is 0 Å². The Hall–Kier alpha value is -1.15. The number of sulfonamides is 1. The van der Waals surface area contributed by atoms with E-state index >= 15 is 0 Å². The van der Waals surface area contributed by atoms with Crippen molar-refractivity contribution >= 4 is 33.0 Å². The standard InChI is InChI=1S/C13H15ClN2O3S2/c1-7-4-11(9(3)20-7)8(2)16-21(18,19)10-5-12(14)13(17)15-6-10/h4-6,8,16H,1-3H3,(H,15,17). The Bertz CT molecular complexity index is 824. The summed E-state index contributed by atoms with van der Waals surface area (Å²) in [7, 11) is -3.75. The van der Waals surface area contributed by atoms with Gasteiger partial charge in [0.15, 0.2) is 0 Å². The van der Waals surface area contributed by atoms with Crippen molar-refractivity contribution < 1.29 is 8.42 Å². The lowest BCUT2D eigenvalue weighted by atomic mass is 10.1. The fraction of sp³-hybridized carbons (Fsp3) is 0.308. The lowest BCUT2D eigenvalue weighted by Gasteiger charge is -2.14. The summed E-state index contributed by atoms with van der Waals surface area (Å²) in [5.74, 6) is 0. The predicted molar refractivity (Wildman–Crippen MR) is 84.6 cm³/mol. The van der Waals surface area contributed by atoms with Gasteiger partial charge in [0.05, 0.1) is 4.90 Å². The molecule has 0 bridgehead atoms. The lowest BCUT2D eigenvalue weighted by Crippen LogP contribution is -2.27. The van der Waals surface area contributed by atoms with E-state index in [2.05, 4.69) is 9.71 Å². The smallest absolute Gasteiger partial charge is 0.266 e. The first-order valence-electron chi connectivity index (χ1n) is 6.18. The molecule has 0 saturated carbocycles. The maximum atomic E-state index is 12.3. The molecule has 114 valence electrons. The number of aryl methyl sites for hydroxylation is 2. The number of thiophene rings is 1. The maximum absolute atomic E-state index is 12.3. The number of aromatic nitrogens is 1. The van der Waals surface area contributed by atoms with Crippen LogP contribution in [0.5, 0.6) is 0 Å². The van der Waals surface area contributed by atoms with Crippen LogP contribution in [0.15, 0.2) is 28.0 Å². The first-order chi connectivity index (χ1) is 9.70. The third-order valence-electron chi connectivity index (χ3n) is 3.02. The molecule has 0 radical (unpaired) electrons. The molecule has 21 heavy (non-hydrogen) atoms. The van der Waals surface area contributed by atoms with E-state index < -0.39 is 15.6 Å². The fourth-order valence-corrected chi connectivity index (χ4v) is 4.51. The second-order valence-electron chi connectivity index (χ2n) is 4.72. The highest BCUT2D eigenvalue weighted by Crippen LogP contribution is 2.27. The van der Waals surface area contributed by atoms with Crippen LogP contribution < -0.4 is 10.3 Å². The van der Waals surface area contributed by atoms with Crippen LogP contribution in [0.3, 0.4) is 0 Å². The lowest BCUT2D eigenvalue weighted by molar-refractivity contribution is 0.566. The van der Waals surface area contributed by atoms with Crippen molar-refractivity contribution in [2.75, 3.05) is 0 Å². The molecule has 2 aromatic rings. The number of hydrogen-bond acceptors (Lipinski definition) is 4. The molecule has 2 heterocycles. The molecule has 0 saturated heterocycles. The molecule has 2 aromatic heterocycles. The van der Waals surface area contributed by atoms with Gasteiger partial charge in [0.1, 0.15) is 5.02 Å². The number of aromatic amines is 1. The fourth-order valence-electron chi connectivity index (χ4n) is 2.04. The Morgan fingerprint density at radius 2 is 2.00 bits per heavy atom. The summed E-state index contributed by atoms with van der Waals surface area (Å²) in [5, 5.41) is -0.159. The van der Waals surface area contributed by atoms with E-state index in [-0.39, 0.29) is 16.0 Å². The summed E-state index contributed by atoms with van der Waals surface area (Å²) in [6, 6.07) is 2.74. The Morgan fingerprint density at radius 3 is 2.52 bits per heavy atom. The molecule has 0 aromatic carbocycles. The molecule has 0 aliphatic carbocycles. The Morgan fingerprint density at radius 1 is 1.33 bits per heavy atom. The summed E-state index contributed by atoms with van der Waals surface area (Å²) < 4.78 is 27.2. The second-order valence-corrected chi connectivity index (χ2v) is 8.31. The van der Waals surface area contributed by atoms with Gasteiger partial charge in [0.2, 0.25) is 10.0 Å². The Balaban J connectivity index is 2.30. The summed E-state index contributed by atoms with van der Waals surface area (Å²) in [4.78, 5) is 15.6. The minimum atomic E-state index is -3.75. The van der Waals surface area contributed by atoms with E-state index in [9.17, 15) is 13.2 Å². The van der Waals surface area contributed by atoms with E-state index in [1.165, 1.54) is 0 Å². The number of pyridine rings is 1. The van der Waals surface area contributed by atoms with Gasteiger partial charge in [-0.3, -0.25) is 4.79 Å². The van der Waals surface area contributed by atoms with Gasteiger partial charge in [0, 0.05) is 22.0 Å². The topological polar surface area (TPSA) is 79.0 Å². The number of rotatable bonds is 4. The Kier molecular flexibility index (Phi) is 4.57. The average molecular weight is 347 g/mol. The first-order valence-corrected chi connectivity index (χ1v) is 8.86. The summed E-state index contributed by atoms with van der Waals surface area (Å²) in [5.41, 5.74) is 0.421. The van der Waals surface area contributed by atoms with Crippen LogP contribution in [0, 0.1) is 13.8 Å². The van der Waals surface area contributed by atoms with Crippen molar-refractivity contribution in [2.24, 2.45) is 0 Å². The van der Waals surface area contributed by atoms with Crippen molar-refractivity contribution in [3.8, 4) is 0 Å². The molecule has 5 nitrogen and oxygen atoms in total. The van der Waals surface area contributed by atoms with Gasteiger partial charge in [-0.1, -0.05) is 11.6 Å². The number of halogens is 1. The van der Waals surface area contributed by atoms with Crippen LogP contribution in [-0.4, -0.2) is 13.4 Å². The van der Waals surface area contributed by atoms with E-state index in [1.54, 1.807) is 18.3 Å². The van der Waals surface area contributed by atoms with Crippen LogP contribution in [-0.2, 0) is 10.0 Å². The molecule has 0 fully saturated rings. The third-order valence-corrected chi connectivity index (χ3v) is 5.80. The highest BCUT2D eigenvalue weighted by Gasteiger charge is 2.21. The summed E-state index contributed by atoms with van der Waals surface area (Å²) in [6.45, 7) is 5.71. The van der Waals surface area contributed by atoms with E-state index in [4.69, 9.17) is 11.6 Å². The van der Waals surface area contributed by atoms with Crippen molar-refractivity contribution in [3.63, 3.8) is 0 Å². The monoisotopic (exact) mass is 346 g/mol. The molecule has 0 aliphatic heterocycles. The second kappa shape index (κ2) is 5.92. The quantitative estimate of drug-likeness (QED) is 0.893. The van der Waals surface area contributed by atoms with Crippen molar-refractivity contribution in [1.82, 2.24) is 9.71 Å². The molecule has 0 spiro atoms. The van der Waals surface area contributed by atoms with Gasteiger partial charge in [0.25, 0.3) is 5.56 Å². The maximum Gasteiger partial charge on any atom is 0.266 e. The van der Waals surface area contributed by atoms with Crippen LogP contribution in [0.2, 0.25) is 5.02 Å². The zero-order chi connectivity index (χ0) is 15.8. The molecule has 1 unspecified atom stereocenters. The van der Waals surface area contributed by atoms with Crippen molar-refractivity contribution in [3.05, 3.63) is 49.0 Å². The summed E-state index contributed by atoms with van der Waals surface area (Å²) in [6.07, 6.45) is 1.13. The number of H-pyrrole nitrogens is 1. The highest BCUT2D eigenvalue weighted by molar-refractivity contribution is 7.89. The normalized spacial score (nSPS) is 13.3. The molecule has 2 rings (SSSR count). The van der Waals surface area contributed by atoms with Gasteiger partial charge in [-0.25, -0.2) is 13.1 Å². The SMILES string of the molecule is Cc1cc(C(C)NS(=O)(=O)c2c[nH]c(=O)c(Cl)c2)c(C)s1. The molecule has 1 atom stereocenters. The highest BCUT2D eigenvalue weighted by atomic mass is 35.5. The van der Waals surface area contributed by atoms with E-state index in [0.717, 1.165) is 27.6 Å². The molecule has 0 amide bonds. The van der Waals surface area contributed by atoms with Gasteiger partial charge < -0.3 is 4.98 Å². The zero-order valence-electron chi connectivity index (χ0n) is 11.7. The minimum absolute atomic E-state index is 0.0662. The number of nitrogens with one attached hydrogen (secondary N) is 2. The van der Waals surface area contributed by atoms with Crippen LogP contribution >= 0.6 is 22.9 Å². The van der Waals surface area contributed by atoms with Crippen LogP contribution in [0.25, 0.3) is 0 Å². The van der Waals surface area contributed by atoms with Gasteiger partial charge in [-0.15, -0.1) is 11.3 Å². The molecular formula is C13H15ClN2O3S2. The predicted octanol–water partition coefficient (Wildman–Crippen LogP) is 2.75. The first kappa shape index (κ1) is 16.2. The zero-order valence-corrected chi connectivity index (χ0v) is 14.1. The minimum Gasteiger partial charge on any atom is -0.326 e. The number of hydrogen-bond donors (Lipinski definition) is 2. The largest absolute Gasteiger partial charge is 0.326 e. The van der Waals surface area contributed by atoms with Crippen molar-refractivity contribution in [1.29, 1.82) is 0 Å². The molecular weight excluding hydrogens is 332 g/mol. The molecule has 2 N–H and O–H groups in total. The van der Waals surface area contributed by atoms with Gasteiger partial charge in [-0.2, -0.15) is 0 Å². The van der Waals surface area contributed by atoms with Crippen LogP contribution in [0.1, 0.15) is 28.3 Å². The Labute approximate surface area is 132 Å². The molecule has 0 aliphatic rings. The van der Waals surface area contributed by atoms with Crippen LogP contribution in [0.4, 0.5) is 0 Å². The average Bonchev–Trinajstić information content (AvgIpc) is 2.71. The van der Waals surface area contributed by atoms with E-state index in [1.807, 2.05) is 19.9 Å². The molecule has 8 heteroatoms. The third kappa shape index (κ3) is 3.55.